The summed E-state index contributed by atoms with van der Waals surface area (Å²) in [5, 5.41) is 0. The molecule has 0 fully saturated rings. The zero-order valence-electron chi connectivity index (χ0n) is 12.7. The maximum Gasteiger partial charge on any atom is 0.338 e. The lowest BCUT2D eigenvalue weighted by Crippen LogP contribution is -2.24. The lowest BCUT2D eigenvalue weighted by Gasteiger charge is -2.07. The fraction of sp³-hybridized carbons (Fsp3) is 0.125. The molecule has 2 rings (SSSR count). The highest BCUT2D eigenvalue weighted by atomic mass is 35.5. The van der Waals surface area contributed by atoms with Crippen LogP contribution in [0, 0.1) is 12.3 Å². The summed E-state index contributed by atoms with van der Waals surface area (Å²) in [7, 11) is -3.83. The second kappa shape index (κ2) is 8.27. The SMILES string of the molecule is C#CCNS(=O)(=O)c1cccc(C(=O)OCC(=O)c2ccc(Cl)s2)c1. The lowest BCUT2D eigenvalue weighted by molar-refractivity contribution is 0.0475. The summed E-state index contributed by atoms with van der Waals surface area (Å²) in [5.41, 5.74) is 0.000551. The van der Waals surface area contributed by atoms with E-state index in [2.05, 4.69) is 10.6 Å². The van der Waals surface area contributed by atoms with Crippen LogP contribution in [0.25, 0.3) is 0 Å². The van der Waals surface area contributed by atoms with Crippen molar-refractivity contribution in [1.82, 2.24) is 4.72 Å². The van der Waals surface area contributed by atoms with Gasteiger partial charge in [-0.2, -0.15) is 4.72 Å². The average Bonchev–Trinajstić information content (AvgIpc) is 3.04. The molecule has 130 valence electrons. The summed E-state index contributed by atoms with van der Waals surface area (Å²) in [6.45, 7) is -0.642. The number of nitrogens with one attached hydrogen (secondary N) is 1. The van der Waals surface area contributed by atoms with Gasteiger partial charge in [-0.05, 0) is 30.3 Å². The van der Waals surface area contributed by atoms with Crippen LogP contribution < -0.4 is 4.72 Å². The van der Waals surface area contributed by atoms with E-state index in [0.717, 1.165) is 17.4 Å². The molecule has 0 bridgehead atoms. The van der Waals surface area contributed by atoms with Gasteiger partial charge in [-0.15, -0.1) is 17.8 Å². The van der Waals surface area contributed by atoms with Gasteiger partial charge >= 0.3 is 5.97 Å². The van der Waals surface area contributed by atoms with E-state index in [9.17, 15) is 18.0 Å². The Balaban J connectivity index is 2.06. The van der Waals surface area contributed by atoms with Crippen molar-refractivity contribution in [1.29, 1.82) is 0 Å². The van der Waals surface area contributed by atoms with Gasteiger partial charge in [-0.25, -0.2) is 13.2 Å². The Morgan fingerprint density at radius 1 is 1.28 bits per heavy atom. The van der Waals surface area contributed by atoms with Crippen molar-refractivity contribution in [3.63, 3.8) is 0 Å². The van der Waals surface area contributed by atoms with Gasteiger partial charge < -0.3 is 4.74 Å². The van der Waals surface area contributed by atoms with E-state index in [-0.39, 0.29) is 17.0 Å². The van der Waals surface area contributed by atoms with Gasteiger partial charge in [0.15, 0.2) is 6.61 Å². The molecule has 0 aliphatic rings. The summed E-state index contributed by atoms with van der Waals surface area (Å²) in [6.07, 6.45) is 5.02. The van der Waals surface area contributed by atoms with E-state index in [4.69, 9.17) is 22.8 Å². The topological polar surface area (TPSA) is 89.5 Å². The van der Waals surface area contributed by atoms with Crippen molar-refractivity contribution in [2.24, 2.45) is 0 Å². The van der Waals surface area contributed by atoms with Crippen LogP contribution in [0.1, 0.15) is 20.0 Å². The summed E-state index contributed by atoms with van der Waals surface area (Å²) >= 11 is 6.82. The molecular weight excluding hydrogens is 386 g/mol. The molecule has 1 aromatic heterocycles. The first kappa shape index (κ1) is 19.1. The molecular formula is C16H12ClNO5S2. The Kier molecular flexibility index (Phi) is 6.33. The van der Waals surface area contributed by atoms with Gasteiger partial charge in [0, 0.05) is 0 Å². The average molecular weight is 398 g/mol. The van der Waals surface area contributed by atoms with Gasteiger partial charge in [0.05, 0.1) is 26.2 Å². The molecule has 0 aliphatic heterocycles. The summed E-state index contributed by atoms with van der Waals surface area (Å²) in [6, 6.07) is 8.34. The first-order valence-corrected chi connectivity index (χ1v) is 9.50. The van der Waals surface area contributed by atoms with E-state index in [0.29, 0.717) is 9.21 Å². The van der Waals surface area contributed by atoms with Crippen LogP contribution in [0.3, 0.4) is 0 Å². The van der Waals surface area contributed by atoms with Crippen LogP contribution >= 0.6 is 22.9 Å². The quantitative estimate of drug-likeness (QED) is 0.440. The number of ether oxygens (including phenoxy) is 1. The molecule has 0 saturated carbocycles. The largest absolute Gasteiger partial charge is 0.454 e. The molecule has 9 heteroatoms. The monoisotopic (exact) mass is 397 g/mol. The highest BCUT2D eigenvalue weighted by Crippen LogP contribution is 2.22. The van der Waals surface area contributed by atoms with E-state index < -0.39 is 28.4 Å². The zero-order chi connectivity index (χ0) is 18.4. The number of carbonyl (C=O) groups excluding carboxylic acids is 2. The van der Waals surface area contributed by atoms with Crippen LogP contribution in [0.4, 0.5) is 0 Å². The molecule has 0 aliphatic carbocycles. The first-order chi connectivity index (χ1) is 11.8. The van der Waals surface area contributed by atoms with Crippen molar-refractivity contribution in [2.45, 2.75) is 4.90 Å². The fourth-order valence-corrected chi connectivity index (χ4v) is 3.71. The van der Waals surface area contributed by atoms with Gasteiger partial charge in [0.2, 0.25) is 15.8 Å². The Bertz CT molecular complexity index is 943. The number of benzene rings is 1. The normalized spacial score (nSPS) is 10.9. The third kappa shape index (κ3) is 5.14. The Morgan fingerprint density at radius 3 is 2.68 bits per heavy atom. The lowest BCUT2D eigenvalue weighted by atomic mass is 10.2. The number of carbonyl (C=O) groups is 2. The molecule has 1 N–H and O–H groups in total. The van der Waals surface area contributed by atoms with Crippen molar-refractivity contribution in [3.8, 4) is 12.3 Å². The Labute approximate surface area is 153 Å². The molecule has 2 aromatic rings. The van der Waals surface area contributed by atoms with Crippen LogP contribution in [0.15, 0.2) is 41.3 Å². The van der Waals surface area contributed by atoms with Crippen molar-refractivity contribution >= 4 is 44.7 Å². The van der Waals surface area contributed by atoms with E-state index in [1.54, 1.807) is 6.07 Å². The number of esters is 1. The maximum atomic E-state index is 12.0. The minimum absolute atomic E-state index is 0.000551. The highest BCUT2D eigenvalue weighted by Gasteiger charge is 2.17. The third-order valence-corrected chi connectivity index (χ3v) is 5.60. The van der Waals surface area contributed by atoms with Gasteiger partial charge in [0.1, 0.15) is 0 Å². The number of sulfonamides is 1. The van der Waals surface area contributed by atoms with Gasteiger partial charge in [-0.1, -0.05) is 23.6 Å². The highest BCUT2D eigenvalue weighted by molar-refractivity contribution is 7.89. The Morgan fingerprint density at radius 2 is 2.04 bits per heavy atom. The number of thiophene rings is 1. The molecule has 25 heavy (non-hydrogen) atoms. The van der Waals surface area contributed by atoms with E-state index in [1.165, 1.54) is 24.3 Å². The second-order valence-corrected chi connectivity index (χ2v) is 8.14. The molecule has 0 spiro atoms. The third-order valence-electron chi connectivity index (χ3n) is 2.93. The van der Waals surface area contributed by atoms with Crippen LogP contribution in [-0.4, -0.2) is 33.3 Å². The molecule has 0 radical (unpaired) electrons. The van der Waals surface area contributed by atoms with Crippen molar-refractivity contribution in [3.05, 3.63) is 51.2 Å². The summed E-state index contributed by atoms with van der Waals surface area (Å²) < 4.78 is 31.6. The number of hydrogen-bond donors (Lipinski definition) is 1. The molecule has 1 heterocycles. The minimum Gasteiger partial charge on any atom is -0.454 e. The Hall–Kier alpha value is -2.18. The predicted octanol–water partition coefficient (Wildman–Crippen LogP) is 2.35. The van der Waals surface area contributed by atoms with Crippen LogP contribution in [-0.2, 0) is 14.8 Å². The van der Waals surface area contributed by atoms with Crippen LogP contribution in [0.2, 0.25) is 4.34 Å². The maximum absolute atomic E-state index is 12.0. The minimum atomic E-state index is -3.83. The first-order valence-electron chi connectivity index (χ1n) is 6.82. The second-order valence-electron chi connectivity index (χ2n) is 4.66. The van der Waals surface area contributed by atoms with E-state index >= 15 is 0 Å². The number of rotatable bonds is 7. The zero-order valence-corrected chi connectivity index (χ0v) is 15.1. The molecule has 1 aromatic carbocycles. The summed E-state index contributed by atoms with van der Waals surface area (Å²) in [5.74, 6) is 0.940. The van der Waals surface area contributed by atoms with Crippen molar-refractivity contribution < 1.29 is 22.7 Å². The standard InChI is InChI=1S/C16H12ClNO5S2/c1-2-8-18-25(21,22)12-5-3-4-11(9-12)16(20)23-10-13(19)14-6-7-15(17)24-14/h1,3-7,9,18H,8,10H2. The molecule has 6 nitrogen and oxygen atoms in total. The number of terminal acetylenes is 1. The number of Topliss-reactive ketones (excluding diaryl/α,β-unsaturated/α-hetero) is 1. The number of ketones is 1. The predicted molar refractivity (Wildman–Crippen MR) is 94.4 cm³/mol. The summed E-state index contributed by atoms with van der Waals surface area (Å²) in [4.78, 5) is 24.2. The molecule has 0 atom stereocenters. The molecule has 0 saturated heterocycles. The van der Waals surface area contributed by atoms with Gasteiger partial charge in [0.25, 0.3) is 0 Å². The van der Waals surface area contributed by atoms with Gasteiger partial charge in [-0.3, -0.25) is 4.79 Å². The molecule has 0 amide bonds. The smallest absolute Gasteiger partial charge is 0.338 e. The number of halogens is 1. The number of hydrogen-bond acceptors (Lipinski definition) is 6. The fourth-order valence-electron chi connectivity index (χ4n) is 1.76. The molecule has 0 unspecified atom stereocenters. The van der Waals surface area contributed by atoms with Crippen molar-refractivity contribution in [2.75, 3.05) is 13.2 Å². The van der Waals surface area contributed by atoms with Crippen LogP contribution in [0.5, 0.6) is 0 Å². The van der Waals surface area contributed by atoms with E-state index in [1.807, 2.05) is 0 Å².